The minimum atomic E-state index is -0.294. The lowest BCUT2D eigenvalue weighted by molar-refractivity contribution is -0.117. The summed E-state index contributed by atoms with van der Waals surface area (Å²) in [5.74, 6) is -0.442. The largest absolute Gasteiger partial charge is 0.355 e. The molecule has 0 saturated heterocycles. The van der Waals surface area contributed by atoms with Crippen molar-refractivity contribution in [1.29, 1.82) is 0 Å². The lowest BCUT2D eigenvalue weighted by Crippen LogP contribution is -2.30. The van der Waals surface area contributed by atoms with Crippen LogP contribution in [0.25, 0.3) is 0 Å². The summed E-state index contributed by atoms with van der Waals surface area (Å²) < 4.78 is 13.0. The number of hydrogen-bond donors (Lipinski definition) is 2. The minimum absolute atomic E-state index is 0.149. The van der Waals surface area contributed by atoms with Gasteiger partial charge in [0.1, 0.15) is 5.82 Å². The molecule has 0 bridgehead atoms. The molecule has 0 saturated carbocycles. The second-order valence-electron chi connectivity index (χ2n) is 4.56. The Morgan fingerprint density at radius 1 is 1.30 bits per heavy atom. The van der Waals surface area contributed by atoms with Crippen molar-refractivity contribution in [2.75, 3.05) is 7.05 Å². The van der Waals surface area contributed by atoms with Crippen molar-refractivity contribution in [3.8, 4) is 0 Å². The molecule has 2 aliphatic heterocycles. The molecule has 2 heterocycles. The number of amides is 1. The summed E-state index contributed by atoms with van der Waals surface area (Å²) in [7, 11) is 1.60. The van der Waals surface area contributed by atoms with Crippen LogP contribution in [0.1, 0.15) is 11.6 Å². The van der Waals surface area contributed by atoms with Crippen LogP contribution in [-0.4, -0.2) is 18.0 Å². The number of nitrogens with one attached hydrogen (secondary N) is 2. The van der Waals surface area contributed by atoms with Crippen molar-refractivity contribution in [3.63, 3.8) is 0 Å². The van der Waals surface area contributed by atoms with Gasteiger partial charge in [0, 0.05) is 13.2 Å². The summed E-state index contributed by atoms with van der Waals surface area (Å²) in [4.78, 5) is 12.2. The van der Waals surface area contributed by atoms with Crippen LogP contribution in [-0.2, 0) is 4.79 Å². The summed E-state index contributed by atoms with van der Waals surface area (Å²) in [6, 6.07) is 5.86. The smallest absolute Gasteiger partial charge is 0.251 e. The van der Waals surface area contributed by atoms with Gasteiger partial charge in [-0.15, -0.1) is 0 Å². The molecule has 0 radical (unpaired) electrons. The predicted octanol–water partition coefficient (Wildman–Crippen LogP) is 1.77. The number of carbonyl (C=O) groups excluding carboxylic acids is 1. The van der Waals surface area contributed by atoms with E-state index in [4.69, 9.17) is 0 Å². The fraction of sp³-hybridized carbons (Fsp3) is 0.133. The Labute approximate surface area is 116 Å². The minimum Gasteiger partial charge on any atom is -0.355 e. The zero-order chi connectivity index (χ0) is 14.1. The fourth-order valence-corrected chi connectivity index (χ4v) is 2.41. The van der Waals surface area contributed by atoms with Crippen molar-refractivity contribution >= 4 is 5.91 Å². The Hall–Kier alpha value is -2.40. The molecule has 0 aromatic heterocycles. The zero-order valence-electron chi connectivity index (χ0n) is 10.9. The monoisotopic (exact) mass is 271 g/mol. The third kappa shape index (κ3) is 2.02. The summed E-state index contributed by atoms with van der Waals surface area (Å²) in [5.41, 5.74) is 5.50. The Kier molecular flexibility index (Phi) is 3.12. The Balaban J connectivity index is 2.05. The highest BCUT2D eigenvalue weighted by Gasteiger charge is 2.34. The SMILES string of the molecule is CNC(=O)C1=C2C=CC=CN2NC1c1ccc(F)cc1. The maximum absolute atomic E-state index is 13.0. The van der Waals surface area contributed by atoms with E-state index in [1.807, 2.05) is 24.4 Å². The predicted molar refractivity (Wildman–Crippen MR) is 73.5 cm³/mol. The highest BCUT2D eigenvalue weighted by molar-refractivity contribution is 5.96. The fourth-order valence-electron chi connectivity index (χ4n) is 2.41. The van der Waals surface area contributed by atoms with Gasteiger partial charge in [-0.3, -0.25) is 9.80 Å². The maximum Gasteiger partial charge on any atom is 0.251 e. The number of halogens is 1. The van der Waals surface area contributed by atoms with Crippen LogP contribution in [0.15, 0.2) is 60.0 Å². The molecule has 5 heteroatoms. The van der Waals surface area contributed by atoms with E-state index < -0.39 is 0 Å². The molecule has 1 aromatic carbocycles. The molecule has 4 nitrogen and oxygen atoms in total. The first kappa shape index (κ1) is 12.6. The first-order chi connectivity index (χ1) is 9.70. The van der Waals surface area contributed by atoms with Gasteiger partial charge < -0.3 is 5.32 Å². The van der Waals surface area contributed by atoms with E-state index in [0.29, 0.717) is 5.57 Å². The number of benzene rings is 1. The number of rotatable bonds is 2. The van der Waals surface area contributed by atoms with Gasteiger partial charge in [-0.05, 0) is 29.8 Å². The normalized spacial score (nSPS) is 20.3. The van der Waals surface area contributed by atoms with E-state index in [-0.39, 0.29) is 17.8 Å². The van der Waals surface area contributed by atoms with Crippen LogP contribution >= 0.6 is 0 Å². The van der Waals surface area contributed by atoms with Crippen LogP contribution in [0, 0.1) is 5.82 Å². The Morgan fingerprint density at radius 2 is 2.05 bits per heavy atom. The van der Waals surface area contributed by atoms with Gasteiger partial charge in [0.15, 0.2) is 0 Å². The van der Waals surface area contributed by atoms with Gasteiger partial charge in [-0.1, -0.05) is 18.2 Å². The van der Waals surface area contributed by atoms with Crippen molar-refractivity contribution in [2.24, 2.45) is 0 Å². The highest BCUT2D eigenvalue weighted by atomic mass is 19.1. The van der Waals surface area contributed by atoms with E-state index in [1.165, 1.54) is 12.1 Å². The number of likely N-dealkylation sites (N-methyl/N-ethyl adjacent to an activating group) is 1. The van der Waals surface area contributed by atoms with E-state index >= 15 is 0 Å². The van der Waals surface area contributed by atoms with Gasteiger partial charge in [0.05, 0.1) is 17.3 Å². The molecule has 1 amide bonds. The summed E-state index contributed by atoms with van der Waals surface area (Å²) in [6.07, 6.45) is 7.48. The average molecular weight is 271 g/mol. The number of carbonyl (C=O) groups is 1. The molecular weight excluding hydrogens is 257 g/mol. The molecule has 1 aromatic rings. The lowest BCUT2D eigenvalue weighted by atomic mass is 9.97. The van der Waals surface area contributed by atoms with Gasteiger partial charge >= 0.3 is 0 Å². The number of fused-ring (bicyclic) bond motifs is 1. The van der Waals surface area contributed by atoms with Crippen LogP contribution in [0.2, 0.25) is 0 Å². The molecule has 20 heavy (non-hydrogen) atoms. The van der Waals surface area contributed by atoms with E-state index in [2.05, 4.69) is 10.7 Å². The second-order valence-corrected chi connectivity index (χ2v) is 4.56. The number of hydrazine groups is 1. The number of nitrogens with zero attached hydrogens (tertiary/aromatic N) is 1. The summed E-state index contributed by atoms with van der Waals surface area (Å²) in [5, 5.41) is 4.46. The van der Waals surface area contributed by atoms with Gasteiger partial charge in [0.25, 0.3) is 5.91 Å². The van der Waals surface area contributed by atoms with E-state index in [0.717, 1.165) is 11.3 Å². The Morgan fingerprint density at radius 3 is 2.75 bits per heavy atom. The van der Waals surface area contributed by atoms with Crippen molar-refractivity contribution in [1.82, 2.24) is 15.8 Å². The molecular formula is C15H14FN3O. The van der Waals surface area contributed by atoms with Crippen LogP contribution in [0.5, 0.6) is 0 Å². The third-order valence-electron chi connectivity index (χ3n) is 3.37. The van der Waals surface area contributed by atoms with E-state index in [1.54, 1.807) is 24.2 Å². The molecule has 1 unspecified atom stereocenters. The average Bonchev–Trinajstić information content (AvgIpc) is 2.86. The standard InChI is InChI=1S/C15H14FN3O/c1-17-15(20)13-12-4-2-3-9-19(12)18-14(13)10-5-7-11(16)8-6-10/h2-9,14,18H,1H3,(H,17,20). The lowest BCUT2D eigenvalue weighted by Gasteiger charge is -2.19. The molecule has 1 atom stereocenters. The highest BCUT2D eigenvalue weighted by Crippen LogP contribution is 2.34. The van der Waals surface area contributed by atoms with Crippen LogP contribution < -0.4 is 10.7 Å². The summed E-state index contributed by atoms with van der Waals surface area (Å²) in [6.45, 7) is 0. The molecule has 0 spiro atoms. The van der Waals surface area contributed by atoms with Crippen molar-refractivity contribution in [2.45, 2.75) is 6.04 Å². The first-order valence-corrected chi connectivity index (χ1v) is 6.32. The van der Waals surface area contributed by atoms with Crippen LogP contribution in [0.3, 0.4) is 0 Å². The van der Waals surface area contributed by atoms with Gasteiger partial charge in [-0.25, -0.2) is 9.82 Å². The van der Waals surface area contributed by atoms with Gasteiger partial charge in [-0.2, -0.15) is 0 Å². The third-order valence-corrected chi connectivity index (χ3v) is 3.37. The molecule has 0 aliphatic carbocycles. The zero-order valence-corrected chi connectivity index (χ0v) is 10.9. The topological polar surface area (TPSA) is 44.4 Å². The molecule has 102 valence electrons. The summed E-state index contributed by atoms with van der Waals surface area (Å²) >= 11 is 0. The molecule has 2 aliphatic rings. The maximum atomic E-state index is 13.0. The molecule has 3 rings (SSSR count). The quantitative estimate of drug-likeness (QED) is 0.861. The second kappa shape index (κ2) is 4.94. The van der Waals surface area contributed by atoms with Crippen molar-refractivity contribution in [3.05, 3.63) is 71.3 Å². The Bertz CT molecular complexity index is 631. The first-order valence-electron chi connectivity index (χ1n) is 6.32. The van der Waals surface area contributed by atoms with Crippen molar-refractivity contribution < 1.29 is 9.18 Å². The van der Waals surface area contributed by atoms with Crippen LogP contribution in [0.4, 0.5) is 4.39 Å². The number of hydrogen-bond acceptors (Lipinski definition) is 3. The molecule has 2 N–H and O–H groups in total. The molecule has 0 fully saturated rings. The van der Waals surface area contributed by atoms with Gasteiger partial charge in [0.2, 0.25) is 0 Å². The number of allylic oxidation sites excluding steroid dienone is 3. The van der Waals surface area contributed by atoms with E-state index in [9.17, 15) is 9.18 Å².